The van der Waals surface area contributed by atoms with Crippen molar-refractivity contribution in [2.45, 2.75) is 25.9 Å². The monoisotopic (exact) mass is 463 g/mol. The molecule has 5 nitrogen and oxygen atoms in total. The summed E-state index contributed by atoms with van der Waals surface area (Å²) in [6.45, 7) is 4.23. The van der Waals surface area contributed by atoms with E-state index in [-0.39, 0.29) is 5.97 Å². The molecule has 174 valence electrons. The first-order chi connectivity index (χ1) is 17.1. The number of benzene rings is 4. The van der Waals surface area contributed by atoms with Crippen LogP contribution in [0.2, 0.25) is 0 Å². The van der Waals surface area contributed by atoms with E-state index in [4.69, 9.17) is 14.2 Å². The molecule has 0 aliphatic carbocycles. The van der Waals surface area contributed by atoms with Crippen molar-refractivity contribution in [1.29, 1.82) is 0 Å². The van der Waals surface area contributed by atoms with Crippen LogP contribution in [0.25, 0.3) is 0 Å². The predicted molar refractivity (Wildman–Crippen MR) is 135 cm³/mol. The molecule has 2 aliphatic rings. The number of hydrogen-bond donors (Lipinski definition) is 1. The van der Waals surface area contributed by atoms with Crippen LogP contribution in [-0.2, 0) is 16.8 Å². The van der Waals surface area contributed by atoms with E-state index in [1.54, 1.807) is 7.11 Å². The molecule has 0 aromatic heterocycles. The van der Waals surface area contributed by atoms with Crippen LogP contribution in [0, 0.1) is 6.92 Å². The van der Waals surface area contributed by atoms with E-state index in [1.165, 1.54) is 11.1 Å². The molecular formula is C30H25NO4. The molecule has 0 fully saturated rings. The molecule has 5 heteroatoms. The first kappa shape index (κ1) is 21.3. The maximum Gasteiger partial charge on any atom is 0.340 e. The molecule has 4 aromatic carbocycles. The van der Waals surface area contributed by atoms with Gasteiger partial charge in [0, 0.05) is 11.3 Å². The van der Waals surface area contributed by atoms with Crippen LogP contribution in [0.15, 0.2) is 78.9 Å². The number of esters is 1. The van der Waals surface area contributed by atoms with Gasteiger partial charge in [0.1, 0.15) is 5.75 Å². The van der Waals surface area contributed by atoms with Crippen molar-refractivity contribution in [3.63, 3.8) is 0 Å². The molecule has 2 aliphatic heterocycles. The Morgan fingerprint density at radius 3 is 2.54 bits per heavy atom. The normalized spacial score (nSPS) is 17.2. The Bertz CT molecular complexity index is 1490. The van der Waals surface area contributed by atoms with Crippen LogP contribution < -0.4 is 14.8 Å². The number of carbonyl (C=O) groups is 1. The van der Waals surface area contributed by atoms with Crippen molar-refractivity contribution in [2.24, 2.45) is 0 Å². The zero-order valence-electron chi connectivity index (χ0n) is 19.8. The SMILES string of the molecule is CCc1cc(C)ccc1Nc1cccc2c1C1(OC(=O)c3ccccc31)c1cccc(OC)c1O2. The quantitative estimate of drug-likeness (QED) is 0.335. The molecule has 1 N–H and O–H groups in total. The van der Waals surface area contributed by atoms with E-state index in [9.17, 15) is 4.79 Å². The summed E-state index contributed by atoms with van der Waals surface area (Å²) >= 11 is 0. The van der Waals surface area contributed by atoms with Gasteiger partial charge >= 0.3 is 5.97 Å². The van der Waals surface area contributed by atoms with Crippen molar-refractivity contribution in [3.05, 3.63) is 112 Å². The molecule has 35 heavy (non-hydrogen) atoms. The molecule has 0 saturated heterocycles. The fraction of sp³-hybridized carbons (Fsp3) is 0.167. The maximum absolute atomic E-state index is 13.2. The van der Waals surface area contributed by atoms with Gasteiger partial charge in [-0.15, -0.1) is 0 Å². The molecule has 4 aromatic rings. The van der Waals surface area contributed by atoms with Gasteiger partial charge in [0.15, 0.2) is 17.1 Å². The van der Waals surface area contributed by atoms with Gasteiger partial charge in [-0.1, -0.05) is 61.0 Å². The van der Waals surface area contributed by atoms with Gasteiger partial charge in [-0.2, -0.15) is 0 Å². The zero-order chi connectivity index (χ0) is 24.2. The lowest BCUT2D eigenvalue weighted by molar-refractivity contribution is 0.0225. The fourth-order valence-electron chi connectivity index (χ4n) is 5.27. The third-order valence-electron chi connectivity index (χ3n) is 6.85. The molecule has 0 radical (unpaired) electrons. The first-order valence-electron chi connectivity index (χ1n) is 11.7. The number of ether oxygens (including phenoxy) is 3. The second kappa shape index (κ2) is 7.91. The van der Waals surface area contributed by atoms with Crippen molar-refractivity contribution >= 4 is 17.3 Å². The van der Waals surface area contributed by atoms with Gasteiger partial charge in [-0.25, -0.2) is 4.79 Å². The predicted octanol–water partition coefficient (Wildman–Crippen LogP) is 6.88. The van der Waals surface area contributed by atoms with Crippen molar-refractivity contribution in [1.82, 2.24) is 0 Å². The van der Waals surface area contributed by atoms with E-state index < -0.39 is 5.60 Å². The highest BCUT2D eigenvalue weighted by Gasteiger charge is 2.55. The number of hydrogen-bond acceptors (Lipinski definition) is 5. The van der Waals surface area contributed by atoms with Crippen LogP contribution in [0.1, 0.15) is 45.1 Å². The highest BCUT2D eigenvalue weighted by molar-refractivity contribution is 5.98. The Hall–Kier alpha value is -4.25. The summed E-state index contributed by atoms with van der Waals surface area (Å²) in [6.07, 6.45) is 0.887. The van der Waals surface area contributed by atoms with Crippen LogP contribution in [-0.4, -0.2) is 13.1 Å². The lowest BCUT2D eigenvalue weighted by atomic mass is 9.76. The molecule has 0 saturated carbocycles. The summed E-state index contributed by atoms with van der Waals surface area (Å²) in [4.78, 5) is 13.2. The third-order valence-corrected chi connectivity index (χ3v) is 6.85. The average Bonchev–Trinajstić information content (AvgIpc) is 3.17. The van der Waals surface area contributed by atoms with Crippen LogP contribution in [0.3, 0.4) is 0 Å². The summed E-state index contributed by atoms with van der Waals surface area (Å²) in [5, 5.41) is 3.63. The summed E-state index contributed by atoms with van der Waals surface area (Å²) in [6, 6.07) is 25.5. The maximum atomic E-state index is 13.2. The summed E-state index contributed by atoms with van der Waals surface area (Å²) in [5.74, 6) is 1.38. The zero-order valence-corrected chi connectivity index (χ0v) is 19.8. The minimum atomic E-state index is -1.17. The van der Waals surface area contributed by atoms with E-state index >= 15 is 0 Å². The standard InChI is InChI=1S/C30H25NO4/c1-4-19-17-18(2)15-16-23(19)31-24-12-8-13-25-27(24)30(21-10-6-5-9-20(21)29(32)35-30)22-11-7-14-26(33-3)28(22)34-25/h5-17,31H,4H2,1-3H3. The molecule has 1 spiro atoms. The Morgan fingerprint density at radius 2 is 1.71 bits per heavy atom. The van der Waals surface area contributed by atoms with Crippen LogP contribution in [0.4, 0.5) is 11.4 Å². The van der Waals surface area contributed by atoms with Crippen molar-refractivity contribution < 1.29 is 19.0 Å². The Balaban J connectivity index is 1.64. The smallest absolute Gasteiger partial charge is 0.340 e. The van der Waals surface area contributed by atoms with Crippen LogP contribution in [0.5, 0.6) is 17.2 Å². The second-order valence-corrected chi connectivity index (χ2v) is 8.87. The second-order valence-electron chi connectivity index (χ2n) is 8.87. The molecule has 2 heterocycles. The number of methoxy groups -OCH3 is 1. The number of aryl methyl sites for hydroxylation is 2. The molecular weight excluding hydrogens is 438 g/mol. The van der Waals surface area contributed by atoms with E-state index in [0.717, 1.165) is 34.5 Å². The van der Waals surface area contributed by atoms with Crippen molar-refractivity contribution in [3.8, 4) is 17.2 Å². The average molecular weight is 464 g/mol. The van der Waals surface area contributed by atoms with Gasteiger partial charge in [0.05, 0.1) is 29.5 Å². The third kappa shape index (κ3) is 3.04. The highest BCUT2D eigenvalue weighted by Crippen LogP contribution is 2.60. The van der Waals surface area contributed by atoms with Gasteiger partial charge in [0.25, 0.3) is 0 Å². The summed E-state index contributed by atoms with van der Waals surface area (Å²) in [7, 11) is 1.61. The summed E-state index contributed by atoms with van der Waals surface area (Å²) < 4.78 is 18.4. The van der Waals surface area contributed by atoms with Crippen LogP contribution >= 0.6 is 0 Å². The van der Waals surface area contributed by atoms with Gasteiger partial charge in [-0.3, -0.25) is 0 Å². The Labute approximate surface area is 204 Å². The molecule has 1 atom stereocenters. The number of fused-ring (bicyclic) bond motifs is 6. The number of rotatable bonds is 4. The summed E-state index contributed by atoms with van der Waals surface area (Å²) in [5.41, 5.74) is 5.91. The Morgan fingerprint density at radius 1 is 0.914 bits per heavy atom. The lowest BCUT2D eigenvalue weighted by Crippen LogP contribution is -2.34. The van der Waals surface area contributed by atoms with Gasteiger partial charge in [-0.05, 0) is 49.2 Å². The van der Waals surface area contributed by atoms with E-state index in [0.29, 0.717) is 22.8 Å². The van der Waals surface area contributed by atoms with Gasteiger partial charge < -0.3 is 19.5 Å². The fourth-order valence-corrected chi connectivity index (χ4v) is 5.27. The number of para-hydroxylation sites is 1. The minimum absolute atomic E-state index is 0.360. The van der Waals surface area contributed by atoms with E-state index in [1.807, 2.05) is 60.7 Å². The number of nitrogens with one attached hydrogen (secondary N) is 1. The Kier molecular flexibility index (Phi) is 4.81. The highest BCUT2D eigenvalue weighted by atomic mass is 16.6. The first-order valence-corrected chi connectivity index (χ1v) is 11.7. The molecule has 0 amide bonds. The van der Waals surface area contributed by atoms with E-state index in [2.05, 4.69) is 37.4 Å². The molecule has 0 bridgehead atoms. The van der Waals surface area contributed by atoms with Crippen molar-refractivity contribution in [2.75, 3.05) is 12.4 Å². The topological polar surface area (TPSA) is 56.8 Å². The van der Waals surface area contributed by atoms with Gasteiger partial charge in [0.2, 0.25) is 0 Å². The number of carbonyl (C=O) groups excluding carboxylic acids is 1. The lowest BCUT2D eigenvalue weighted by Gasteiger charge is -2.38. The minimum Gasteiger partial charge on any atom is -0.493 e. The molecule has 6 rings (SSSR count). The number of anilines is 2. The molecule has 1 unspecified atom stereocenters. The largest absolute Gasteiger partial charge is 0.493 e.